The van der Waals surface area contributed by atoms with Crippen LogP contribution in [0.2, 0.25) is 0 Å². The smallest absolute Gasteiger partial charge is 0.391 e. The molecule has 0 bridgehead atoms. The van der Waals surface area contributed by atoms with Crippen molar-refractivity contribution in [2.24, 2.45) is 0 Å². The third-order valence-corrected chi connectivity index (χ3v) is 4.20. The molecule has 1 fully saturated rings. The van der Waals surface area contributed by atoms with Crippen LogP contribution in [0.1, 0.15) is 18.2 Å². The van der Waals surface area contributed by atoms with Crippen LogP contribution in [0, 0.1) is 6.92 Å². The number of H-pyrrole nitrogens is 1. The summed E-state index contributed by atoms with van der Waals surface area (Å²) >= 11 is 3.67. The number of aryl methyl sites for hydroxylation is 1. The Morgan fingerprint density at radius 2 is 2.32 bits per heavy atom. The molecule has 1 aromatic heterocycles. The van der Waals surface area contributed by atoms with Gasteiger partial charge >= 0.3 is 12.9 Å². The highest BCUT2D eigenvalue weighted by molar-refractivity contribution is 8.39. The van der Waals surface area contributed by atoms with Gasteiger partial charge in [0.1, 0.15) is 25.1 Å². The average molecular weight is 351 g/mol. The summed E-state index contributed by atoms with van der Waals surface area (Å²) in [7, 11) is -0.967. The fourth-order valence-corrected chi connectivity index (χ4v) is 3.11. The highest BCUT2D eigenvalue weighted by Gasteiger charge is 2.54. The van der Waals surface area contributed by atoms with Gasteiger partial charge in [-0.15, -0.1) is 4.52 Å². The zero-order valence-corrected chi connectivity index (χ0v) is 13.7. The summed E-state index contributed by atoms with van der Waals surface area (Å²) in [6.45, 7) is 0.969. The van der Waals surface area contributed by atoms with E-state index in [1.54, 1.807) is 0 Å². The number of nitrogens with one attached hydrogen (secondary N) is 1. The monoisotopic (exact) mass is 351 g/mol. The molecule has 0 radical (unpaired) electrons. The van der Waals surface area contributed by atoms with Crippen LogP contribution in [-0.2, 0) is 18.6 Å². The van der Waals surface area contributed by atoms with Crippen molar-refractivity contribution < 1.29 is 23.7 Å². The summed E-state index contributed by atoms with van der Waals surface area (Å²) in [5.41, 5.74) is -0.843. The molecule has 122 valence electrons. The van der Waals surface area contributed by atoms with Crippen LogP contribution in [0.4, 0.5) is 0 Å². The minimum absolute atomic E-state index is 0.0847. The Hall–Kier alpha value is -1.03. The molecule has 0 aromatic carbocycles. The van der Waals surface area contributed by atoms with E-state index >= 15 is 0 Å². The number of nitrogens with zero attached hydrogens (tertiary/aromatic N) is 1. The molecule has 0 saturated carbocycles. The minimum Gasteiger partial charge on any atom is -0.391 e. The first-order chi connectivity index (χ1) is 10.3. The molecule has 11 heteroatoms. The number of aromatic amines is 1. The Morgan fingerprint density at radius 1 is 1.64 bits per heavy atom. The Morgan fingerprint density at radius 3 is 2.86 bits per heavy atom. The summed E-state index contributed by atoms with van der Waals surface area (Å²) in [5, 5.41) is 9.54. The Labute approximate surface area is 131 Å². The van der Waals surface area contributed by atoms with E-state index in [4.69, 9.17) is 14.0 Å². The molecule has 2 heterocycles. The molecule has 4 atom stereocenters. The topological polar surface area (TPSA) is 120 Å². The van der Waals surface area contributed by atoms with Crippen LogP contribution in [0.25, 0.3) is 0 Å². The molecule has 1 aromatic rings. The summed E-state index contributed by atoms with van der Waals surface area (Å²) in [6, 6.07) is 0. The molecular weight excluding hydrogens is 335 g/mol. The zero-order valence-electron chi connectivity index (χ0n) is 11.9. The Balaban J connectivity index is 2.39. The van der Waals surface area contributed by atoms with Crippen molar-refractivity contribution in [3.63, 3.8) is 0 Å². The first kappa shape index (κ1) is 17.3. The number of rotatable bonds is 5. The number of hydrogen-bond acceptors (Lipinski definition) is 7. The predicted molar refractivity (Wildman–Crippen MR) is 79.1 cm³/mol. The summed E-state index contributed by atoms with van der Waals surface area (Å²) in [6.07, 6.45) is -0.329. The SMILES string of the molecule is CO[C@]1(CO)O[C@@H](n2cc(C)c(=O)[nH]c2=O)CC1O[P+](=O)S. The van der Waals surface area contributed by atoms with Gasteiger partial charge in [0, 0.05) is 25.3 Å². The molecule has 1 saturated heterocycles. The van der Waals surface area contributed by atoms with E-state index in [9.17, 15) is 19.3 Å². The number of aliphatic hydroxyl groups is 1. The maximum absolute atomic E-state index is 11.9. The molecular formula is C11H16N2O7PS+. The van der Waals surface area contributed by atoms with Crippen molar-refractivity contribution in [1.29, 1.82) is 0 Å². The van der Waals surface area contributed by atoms with Crippen molar-refractivity contribution in [3.8, 4) is 0 Å². The summed E-state index contributed by atoms with van der Waals surface area (Å²) in [5.74, 6) is -1.57. The average Bonchev–Trinajstić information content (AvgIpc) is 2.81. The molecule has 1 aliphatic rings. The second kappa shape index (κ2) is 6.61. The highest BCUT2D eigenvalue weighted by Crippen LogP contribution is 2.43. The van der Waals surface area contributed by atoms with Crippen molar-refractivity contribution in [2.75, 3.05) is 13.7 Å². The molecule has 0 spiro atoms. The lowest BCUT2D eigenvalue weighted by Crippen LogP contribution is -2.45. The third-order valence-electron chi connectivity index (χ3n) is 3.48. The number of aromatic nitrogens is 2. The van der Waals surface area contributed by atoms with E-state index in [0.29, 0.717) is 5.56 Å². The van der Waals surface area contributed by atoms with Gasteiger partial charge in [-0.25, -0.2) is 4.79 Å². The first-order valence-corrected chi connectivity index (χ1v) is 8.65. The van der Waals surface area contributed by atoms with Crippen LogP contribution in [-0.4, -0.2) is 40.3 Å². The molecule has 0 aliphatic carbocycles. The highest BCUT2D eigenvalue weighted by atomic mass is 32.7. The number of ether oxygens (including phenoxy) is 2. The lowest BCUT2D eigenvalue weighted by Gasteiger charge is -2.27. The minimum atomic E-state index is -2.26. The van der Waals surface area contributed by atoms with Gasteiger partial charge in [-0.05, 0) is 11.5 Å². The molecule has 1 aliphatic heterocycles. The first-order valence-electron chi connectivity index (χ1n) is 6.31. The normalized spacial score (nSPS) is 28.8. The maximum Gasteiger partial charge on any atom is 0.582 e. The number of hydrogen-bond donors (Lipinski definition) is 3. The van der Waals surface area contributed by atoms with E-state index in [2.05, 4.69) is 17.2 Å². The van der Waals surface area contributed by atoms with Crippen molar-refractivity contribution in [2.45, 2.75) is 31.5 Å². The van der Waals surface area contributed by atoms with E-state index in [0.717, 1.165) is 4.57 Å². The third kappa shape index (κ3) is 3.17. The predicted octanol–water partition coefficient (Wildman–Crippen LogP) is 0.0713. The van der Waals surface area contributed by atoms with Crippen molar-refractivity contribution in [1.82, 2.24) is 9.55 Å². The van der Waals surface area contributed by atoms with Crippen molar-refractivity contribution >= 4 is 19.5 Å². The standard InChI is InChI=1S/C11H15N2O7PS/c1-6-4-13(10(16)12-9(6)15)8-3-7(20-21(17)22)11(5-14,18-2)19-8/h4,7-8,14H,3,5H2,1-2H3,(H-,12,15,16,17,22)/p+1/t7?,8-,11-/m1/s1. The maximum atomic E-state index is 11.9. The molecule has 2 unspecified atom stereocenters. The Kier molecular flexibility index (Phi) is 5.21. The van der Waals surface area contributed by atoms with Gasteiger partial charge in [0.05, 0.1) is 0 Å². The van der Waals surface area contributed by atoms with E-state index < -0.39 is 43.2 Å². The quantitative estimate of drug-likeness (QED) is 0.507. The van der Waals surface area contributed by atoms with Crippen LogP contribution in [0.5, 0.6) is 0 Å². The van der Waals surface area contributed by atoms with Gasteiger partial charge in [-0.1, -0.05) is 0 Å². The van der Waals surface area contributed by atoms with Gasteiger partial charge < -0.3 is 14.6 Å². The molecule has 9 nitrogen and oxygen atoms in total. The summed E-state index contributed by atoms with van der Waals surface area (Å²) < 4.78 is 28.3. The lowest BCUT2D eigenvalue weighted by atomic mass is 10.1. The van der Waals surface area contributed by atoms with Crippen LogP contribution in [0.3, 0.4) is 0 Å². The largest absolute Gasteiger partial charge is 0.582 e. The van der Waals surface area contributed by atoms with Gasteiger partial charge in [0.25, 0.3) is 5.56 Å². The molecule has 22 heavy (non-hydrogen) atoms. The fraction of sp³-hybridized carbons (Fsp3) is 0.636. The lowest BCUT2D eigenvalue weighted by molar-refractivity contribution is -0.265. The van der Waals surface area contributed by atoms with Gasteiger partial charge in [0.15, 0.2) is 6.10 Å². The van der Waals surface area contributed by atoms with Crippen LogP contribution < -0.4 is 11.2 Å². The molecule has 2 N–H and O–H groups in total. The second-order valence-electron chi connectivity index (χ2n) is 4.79. The molecule has 0 amide bonds. The van der Waals surface area contributed by atoms with Gasteiger partial charge in [-0.2, -0.15) is 0 Å². The summed E-state index contributed by atoms with van der Waals surface area (Å²) in [4.78, 5) is 25.5. The van der Waals surface area contributed by atoms with E-state index in [1.807, 2.05) is 0 Å². The fourth-order valence-electron chi connectivity index (χ4n) is 2.30. The number of thiol groups is 1. The Bertz CT molecular complexity index is 684. The molecule has 2 rings (SSSR count). The van der Waals surface area contributed by atoms with E-state index in [-0.39, 0.29) is 6.42 Å². The number of aliphatic hydroxyl groups excluding tert-OH is 1. The van der Waals surface area contributed by atoms with Gasteiger partial charge in [0.2, 0.25) is 5.79 Å². The van der Waals surface area contributed by atoms with Crippen molar-refractivity contribution in [3.05, 3.63) is 32.6 Å². The van der Waals surface area contributed by atoms with Gasteiger partial charge in [-0.3, -0.25) is 14.3 Å². The second-order valence-corrected chi connectivity index (χ2v) is 6.46. The zero-order chi connectivity index (χ0) is 16.5. The number of methoxy groups -OCH3 is 1. The van der Waals surface area contributed by atoms with Crippen LogP contribution >= 0.6 is 19.5 Å². The van der Waals surface area contributed by atoms with Crippen LogP contribution in [0.15, 0.2) is 15.8 Å². The van der Waals surface area contributed by atoms with E-state index in [1.165, 1.54) is 20.2 Å².